The summed E-state index contributed by atoms with van der Waals surface area (Å²) in [6.07, 6.45) is 0. The van der Waals surface area contributed by atoms with Crippen LogP contribution in [0.5, 0.6) is 0 Å². The second-order valence-corrected chi connectivity index (χ2v) is 4.24. The average Bonchev–Trinajstić information content (AvgIpc) is 2.34. The average molecular weight is 257 g/mol. The van der Waals surface area contributed by atoms with Gasteiger partial charge in [0.15, 0.2) is 11.6 Å². The van der Waals surface area contributed by atoms with E-state index in [1.54, 1.807) is 0 Å². The van der Waals surface area contributed by atoms with Crippen LogP contribution in [0.2, 0.25) is 0 Å². The number of nitrogens with one attached hydrogen (secondary N) is 1. The molecule has 100 valence electrons. The molecule has 0 amide bonds. The molecule has 0 saturated carbocycles. The summed E-state index contributed by atoms with van der Waals surface area (Å²) in [5.74, 6) is -1.32. The van der Waals surface area contributed by atoms with Crippen molar-refractivity contribution in [2.24, 2.45) is 0 Å². The van der Waals surface area contributed by atoms with Crippen molar-refractivity contribution in [2.45, 2.75) is 0 Å². The van der Waals surface area contributed by atoms with Crippen molar-refractivity contribution in [3.63, 3.8) is 0 Å². The van der Waals surface area contributed by atoms with Gasteiger partial charge in [-0.3, -0.25) is 4.90 Å². The number of benzene rings is 1. The van der Waals surface area contributed by atoms with Crippen LogP contribution < -0.4 is 11.1 Å². The van der Waals surface area contributed by atoms with Crippen LogP contribution in [0.25, 0.3) is 0 Å². The van der Waals surface area contributed by atoms with E-state index in [0.29, 0.717) is 19.8 Å². The van der Waals surface area contributed by atoms with Gasteiger partial charge in [0.25, 0.3) is 0 Å². The Labute approximate surface area is 105 Å². The molecule has 1 aliphatic rings. The van der Waals surface area contributed by atoms with Crippen LogP contribution in [0, 0.1) is 11.6 Å². The van der Waals surface area contributed by atoms with Crippen LogP contribution in [0.4, 0.5) is 20.2 Å². The van der Waals surface area contributed by atoms with Crippen LogP contribution in [-0.2, 0) is 4.74 Å². The molecule has 0 aliphatic carbocycles. The summed E-state index contributed by atoms with van der Waals surface area (Å²) < 4.78 is 32.1. The minimum absolute atomic E-state index is 0.0868. The molecule has 18 heavy (non-hydrogen) atoms. The lowest BCUT2D eigenvalue weighted by Crippen LogP contribution is -2.39. The van der Waals surface area contributed by atoms with Gasteiger partial charge in [-0.2, -0.15) is 0 Å². The Hall–Kier alpha value is -1.40. The number of hydrogen-bond acceptors (Lipinski definition) is 4. The Morgan fingerprint density at radius 1 is 1.22 bits per heavy atom. The summed E-state index contributed by atoms with van der Waals surface area (Å²) in [5, 5.41) is 2.77. The van der Waals surface area contributed by atoms with Crippen molar-refractivity contribution in [1.82, 2.24) is 4.90 Å². The van der Waals surface area contributed by atoms with E-state index in [-0.39, 0.29) is 11.4 Å². The Bertz CT molecular complexity index is 385. The number of hydrogen-bond donors (Lipinski definition) is 2. The number of halogens is 2. The molecule has 2 rings (SSSR count). The molecule has 0 radical (unpaired) electrons. The van der Waals surface area contributed by atoms with E-state index >= 15 is 0 Å². The summed E-state index contributed by atoms with van der Waals surface area (Å²) in [7, 11) is 0. The minimum Gasteiger partial charge on any atom is -0.399 e. The highest BCUT2D eigenvalue weighted by Crippen LogP contribution is 2.21. The molecule has 4 nitrogen and oxygen atoms in total. The van der Waals surface area contributed by atoms with E-state index in [9.17, 15) is 8.78 Å². The number of morpholine rings is 1. The Morgan fingerprint density at radius 3 is 2.44 bits per heavy atom. The first-order valence-corrected chi connectivity index (χ1v) is 5.95. The molecule has 1 aliphatic heterocycles. The molecule has 1 saturated heterocycles. The molecule has 0 unspecified atom stereocenters. The summed E-state index contributed by atoms with van der Waals surface area (Å²) in [6, 6.07) is 2.22. The predicted molar refractivity (Wildman–Crippen MR) is 66.5 cm³/mol. The highest BCUT2D eigenvalue weighted by molar-refractivity contribution is 5.54. The van der Waals surface area contributed by atoms with Gasteiger partial charge in [-0.05, 0) is 12.1 Å². The first kappa shape index (κ1) is 13.0. The molecule has 0 atom stereocenters. The van der Waals surface area contributed by atoms with E-state index in [0.717, 1.165) is 31.8 Å². The van der Waals surface area contributed by atoms with Gasteiger partial charge < -0.3 is 15.8 Å². The van der Waals surface area contributed by atoms with Gasteiger partial charge in [0, 0.05) is 31.9 Å². The van der Waals surface area contributed by atoms with Crippen molar-refractivity contribution < 1.29 is 13.5 Å². The van der Waals surface area contributed by atoms with Crippen molar-refractivity contribution >= 4 is 11.4 Å². The van der Waals surface area contributed by atoms with E-state index in [2.05, 4.69) is 10.2 Å². The summed E-state index contributed by atoms with van der Waals surface area (Å²) in [5.41, 5.74) is 5.32. The lowest BCUT2D eigenvalue weighted by atomic mass is 10.2. The molecule has 6 heteroatoms. The maximum absolute atomic E-state index is 13.5. The van der Waals surface area contributed by atoms with Gasteiger partial charge in [0.05, 0.1) is 13.2 Å². The first-order chi connectivity index (χ1) is 8.66. The molecular weight excluding hydrogens is 240 g/mol. The monoisotopic (exact) mass is 257 g/mol. The van der Waals surface area contributed by atoms with E-state index < -0.39 is 11.6 Å². The lowest BCUT2D eigenvalue weighted by Gasteiger charge is -2.26. The number of rotatable bonds is 4. The zero-order valence-electron chi connectivity index (χ0n) is 10.1. The molecular formula is C12H17F2N3O. The highest BCUT2D eigenvalue weighted by Gasteiger charge is 2.12. The predicted octanol–water partition coefficient (Wildman–Crippen LogP) is 1.29. The molecule has 1 heterocycles. The normalized spacial score (nSPS) is 16.8. The number of nitrogens with two attached hydrogens (primary N) is 1. The van der Waals surface area contributed by atoms with Gasteiger partial charge in [0.1, 0.15) is 5.69 Å². The number of nitrogen functional groups attached to an aromatic ring is 1. The second-order valence-electron chi connectivity index (χ2n) is 4.24. The smallest absolute Gasteiger partial charge is 0.151 e. The van der Waals surface area contributed by atoms with Crippen molar-refractivity contribution in [1.29, 1.82) is 0 Å². The fourth-order valence-electron chi connectivity index (χ4n) is 1.93. The summed E-state index contributed by atoms with van der Waals surface area (Å²) in [4.78, 5) is 2.18. The molecule has 0 bridgehead atoms. The topological polar surface area (TPSA) is 50.5 Å². The lowest BCUT2D eigenvalue weighted by molar-refractivity contribution is 0.0398. The van der Waals surface area contributed by atoms with Crippen LogP contribution >= 0.6 is 0 Å². The van der Waals surface area contributed by atoms with Crippen molar-refractivity contribution in [2.75, 3.05) is 50.4 Å². The van der Waals surface area contributed by atoms with Crippen LogP contribution in [0.15, 0.2) is 12.1 Å². The maximum atomic E-state index is 13.5. The second kappa shape index (κ2) is 5.97. The molecule has 1 aromatic carbocycles. The van der Waals surface area contributed by atoms with Gasteiger partial charge in [-0.15, -0.1) is 0 Å². The van der Waals surface area contributed by atoms with Gasteiger partial charge >= 0.3 is 0 Å². The van der Waals surface area contributed by atoms with E-state index in [1.165, 1.54) is 0 Å². The third-order valence-electron chi connectivity index (χ3n) is 2.90. The fraction of sp³-hybridized carbons (Fsp3) is 0.500. The molecule has 0 aromatic heterocycles. The number of anilines is 2. The summed E-state index contributed by atoms with van der Waals surface area (Å²) >= 11 is 0. The van der Waals surface area contributed by atoms with Crippen molar-refractivity contribution in [3.05, 3.63) is 23.8 Å². The Morgan fingerprint density at radius 2 is 1.83 bits per heavy atom. The number of ether oxygens (including phenoxy) is 1. The summed E-state index contributed by atoms with van der Waals surface area (Å²) in [6.45, 7) is 4.35. The zero-order chi connectivity index (χ0) is 13.0. The Balaban J connectivity index is 1.86. The first-order valence-electron chi connectivity index (χ1n) is 5.95. The maximum Gasteiger partial charge on any atom is 0.151 e. The highest BCUT2D eigenvalue weighted by atomic mass is 19.1. The van der Waals surface area contributed by atoms with Gasteiger partial charge in [0.2, 0.25) is 0 Å². The van der Waals surface area contributed by atoms with E-state index in [4.69, 9.17) is 10.5 Å². The molecule has 1 fully saturated rings. The molecule has 3 N–H and O–H groups in total. The quantitative estimate of drug-likeness (QED) is 0.798. The number of nitrogens with zero attached hydrogens (tertiary/aromatic N) is 1. The Kier molecular flexibility index (Phi) is 4.33. The third-order valence-corrected chi connectivity index (χ3v) is 2.90. The standard InChI is InChI=1S/C12H17F2N3O/c13-10-7-9(15)8-11(14)12(10)16-1-2-17-3-5-18-6-4-17/h7-8,16H,1-6,15H2. The van der Waals surface area contributed by atoms with Gasteiger partial charge in [-0.1, -0.05) is 0 Å². The van der Waals surface area contributed by atoms with Crippen LogP contribution in [0.1, 0.15) is 0 Å². The van der Waals surface area contributed by atoms with Gasteiger partial charge in [-0.25, -0.2) is 8.78 Å². The van der Waals surface area contributed by atoms with Crippen LogP contribution in [0.3, 0.4) is 0 Å². The fourth-order valence-corrected chi connectivity index (χ4v) is 1.93. The zero-order valence-corrected chi connectivity index (χ0v) is 10.1. The largest absolute Gasteiger partial charge is 0.399 e. The van der Waals surface area contributed by atoms with Crippen LogP contribution in [-0.4, -0.2) is 44.3 Å². The molecule has 1 aromatic rings. The third kappa shape index (κ3) is 3.30. The molecule has 0 spiro atoms. The van der Waals surface area contributed by atoms with E-state index in [1.807, 2.05) is 0 Å². The SMILES string of the molecule is Nc1cc(F)c(NCCN2CCOCC2)c(F)c1. The van der Waals surface area contributed by atoms with Crippen molar-refractivity contribution in [3.8, 4) is 0 Å². The minimum atomic E-state index is -0.658.